The van der Waals surface area contributed by atoms with E-state index in [1.54, 1.807) is 12.3 Å². The molecule has 29 heavy (non-hydrogen) atoms. The zero-order valence-corrected chi connectivity index (χ0v) is 16.5. The molecule has 2 atom stereocenters. The zero-order valence-electron chi connectivity index (χ0n) is 16.5. The monoisotopic (exact) mass is 389 g/mol. The van der Waals surface area contributed by atoms with Crippen molar-refractivity contribution in [1.82, 2.24) is 15.2 Å². The van der Waals surface area contributed by atoms with Crippen LogP contribution in [-0.4, -0.2) is 34.3 Å². The van der Waals surface area contributed by atoms with E-state index in [-0.39, 0.29) is 17.9 Å². The van der Waals surface area contributed by atoms with E-state index in [1.165, 1.54) is 12.2 Å². The number of likely N-dealkylation sites (tertiary alicyclic amines) is 1. The summed E-state index contributed by atoms with van der Waals surface area (Å²) < 4.78 is 0. The van der Waals surface area contributed by atoms with Crippen LogP contribution in [0.25, 0.3) is 0 Å². The Morgan fingerprint density at radius 2 is 2.03 bits per heavy atom. The van der Waals surface area contributed by atoms with E-state index in [0.29, 0.717) is 13.0 Å². The molecule has 1 fully saturated rings. The van der Waals surface area contributed by atoms with Gasteiger partial charge in [0.25, 0.3) is 0 Å². The van der Waals surface area contributed by atoms with Crippen LogP contribution in [0.4, 0.5) is 0 Å². The topological polar surface area (TPSA) is 62.3 Å². The summed E-state index contributed by atoms with van der Waals surface area (Å²) in [4.78, 5) is 32.0. The Balaban J connectivity index is 1.84. The molecular weight excluding hydrogens is 362 g/mol. The van der Waals surface area contributed by atoms with Crippen LogP contribution in [-0.2, 0) is 16.0 Å². The van der Waals surface area contributed by atoms with Crippen LogP contribution in [0.5, 0.6) is 0 Å². The summed E-state index contributed by atoms with van der Waals surface area (Å²) in [5.41, 5.74) is 2.05. The van der Waals surface area contributed by atoms with Gasteiger partial charge in [-0.2, -0.15) is 0 Å². The van der Waals surface area contributed by atoms with Crippen LogP contribution < -0.4 is 5.32 Å². The van der Waals surface area contributed by atoms with Gasteiger partial charge < -0.3 is 10.2 Å². The number of hydrogen-bond acceptors (Lipinski definition) is 3. The van der Waals surface area contributed by atoms with Crippen molar-refractivity contribution in [1.29, 1.82) is 0 Å². The molecule has 2 heterocycles. The maximum atomic E-state index is 13.5. The Kier molecular flexibility index (Phi) is 7.34. The van der Waals surface area contributed by atoms with Gasteiger partial charge in [-0.1, -0.05) is 55.1 Å². The van der Waals surface area contributed by atoms with E-state index in [9.17, 15) is 9.59 Å². The fourth-order valence-electron chi connectivity index (χ4n) is 3.74. The predicted molar refractivity (Wildman–Crippen MR) is 114 cm³/mol. The summed E-state index contributed by atoms with van der Waals surface area (Å²) in [5.74, 6) is -0.350. The predicted octanol–water partition coefficient (Wildman–Crippen LogP) is 3.60. The van der Waals surface area contributed by atoms with E-state index in [0.717, 1.165) is 30.4 Å². The van der Waals surface area contributed by atoms with Crippen LogP contribution >= 0.6 is 0 Å². The van der Waals surface area contributed by atoms with Crippen molar-refractivity contribution in [2.75, 3.05) is 6.54 Å². The number of allylic oxidation sites excluding steroid dienone is 2. The van der Waals surface area contributed by atoms with Crippen LogP contribution in [0, 0.1) is 0 Å². The van der Waals surface area contributed by atoms with E-state index in [4.69, 9.17) is 0 Å². The molecule has 1 aliphatic heterocycles. The number of nitrogens with zero attached hydrogens (tertiary/aromatic N) is 2. The molecule has 0 saturated carbocycles. The number of benzene rings is 1. The molecule has 0 unspecified atom stereocenters. The van der Waals surface area contributed by atoms with Crippen molar-refractivity contribution in [2.45, 2.75) is 37.8 Å². The highest BCUT2D eigenvalue weighted by Gasteiger charge is 2.33. The number of pyridine rings is 1. The Labute approximate surface area is 172 Å². The van der Waals surface area contributed by atoms with Crippen LogP contribution in [0.2, 0.25) is 0 Å². The number of aromatic nitrogens is 1. The van der Waals surface area contributed by atoms with E-state index >= 15 is 0 Å². The van der Waals surface area contributed by atoms with E-state index < -0.39 is 6.04 Å². The van der Waals surface area contributed by atoms with Gasteiger partial charge in [0, 0.05) is 31.4 Å². The minimum Gasteiger partial charge on any atom is -0.340 e. The third-order valence-electron chi connectivity index (χ3n) is 5.14. The number of amides is 2. The lowest BCUT2D eigenvalue weighted by molar-refractivity contribution is -0.139. The molecule has 0 bridgehead atoms. The Hall–Kier alpha value is -3.21. The minimum absolute atomic E-state index is 0.0103. The lowest BCUT2D eigenvalue weighted by Gasteiger charge is -2.38. The van der Waals surface area contributed by atoms with Gasteiger partial charge in [0.2, 0.25) is 11.8 Å². The summed E-state index contributed by atoms with van der Waals surface area (Å²) in [7, 11) is 0. The Morgan fingerprint density at radius 1 is 1.21 bits per heavy atom. The second kappa shape index (κ2) is 10.4. The number of hydrogen-bond donors (Lipinski definition) is 1. The SMILES string of the molecule is C=CC=CC(=O)N[C@@H](Cc1ccccc1)C(=O)N1CCCC[C@@H]1c1cccnc1. The minimum atomic E-state index is -0.628. The first-order chi connectivity index (χ1) is 14.2. The van der Waals surface area contributed by atoms with Gasteiger partial charge in [-0.05, 0) is 36.5 Å². The van der Waals surface area contributed by atoms with Crippen molar-refractivity contribution in [3.05, 3.63) is 90.8 Å². The third kappa shape index (κ3) is 5.64. The first-order valence-corrected chi connectivity index (χ1v) is 10.0. The molecule has 1 saturated heterocycles. The van der Waals surface area contributed by atoms with Crippen LogP contribution in [0.1, 0.15) is 36.4 Å². The smallest absolute Gasteiger partial charge is 0.246 e. The summed E-state index contributed by atoms with van der Waals surface area (Å²) in [5, 5.41) is 2.89. The van der Waals surface area contributed by atoms with Crippen molar-refractivity contribution in [3.63, 3.8) is 0 Å². The van der Waals surface area contributed by atoms with Gasteiger partial charge in [0.05, 0.1) is 6.04 Å². The first-order valence-electron chi connectivity index (χ1n) is 10.0. The summed E-state index contributed by atoms with van der Waals surface area (Å²) in [6, 6.07) is 13.0. The maximum absolute atomic E-state index is 13.5. The fraction of sp³-hybridized carbons (Fsp3) is 0.292. The summed E-state index contributed by atoms with van der Waals surface area (Å²) in [6.45, 7) is 4.27. The molecule has 0 aliphatic carbocycles. The van der Waals surface area contributed by atoms with Crippen molar-refractivity contribution in [3.8, 4) is 0 Å². The summed E-state index contributed by atoms with van der Waals surface area (Å²) >= 11 is 0. The van der Waals surface area contributed by atoms with E-state index in [2.05, 4.69) is 16.9 Å². The molecule has 5 nitrogen and oxygen atoms in total. The number of carbonyl (C=O) groups is 2. The lowest BCUT2D eigenvalue weighted by Crippen LogP contribution is -2.51. The molecule has 3 rings (SSSR count). The molecular formula is C24H27N3O2. The normalized spacial score (nSPS) is 17.7. The van der Waals surface area contributed by atoms with E-state index in [1.807, 2.05) is 53.6 Å². The van der Waals surface area contributed by atoms with Gasteiger partial charge in [-0.3, -0.25) is 14.6 Å². The van der Waals surface area contributed by atoms with Gasteiger partial charge >= 0.3 is 0 Å². The average molecular weight is 389 g/mol. The molecule has 150 valence electrons. The molecule has 1 N–H and O–H groups in total. The first kappa shape index (κ1) is 20.5. The molecule has 2 aromatic rings. The third-order valence-corrected chi connectivity index (χ3v) is 5.14. The molecule has 1 aromatic heterocycles. The number of nitrogens with one attached hydrogen (secondary N) is 1. The number of piperidine rings is 1. The standard InChI is InChI=1S/C24H27N3O2/c1-2-3-14-23(28)26-21(17-19-10-5-4-6-11-19)24(29)27-16-8-7-13-22(27)20-12-9-15-25-18-20/h2-6,9-12,14-15,18,21-22H,1,7-8,13,16-17H2,(H,26,28)/t21-,22+/m0/s1. The van der Waals surface area contributed by atoms with Crippen molar-refractivity contribution >= 4 is 11.8 Å². The molecule has 1 aromatic carbocycles. The largest absolute Gasteiger partial charge is 0.340 e. The highest BCUT2D eigenvalue weighted by molar-refractivity contribution is 5.93. The van der Waals surface area contributed by atoms with Crippen molar-refractivity contribution < 1.29 is 9.59 Å². The Bertz CT molecular complexity index is 849. The van der Waals surface area contributed by atoms with Gasteiger partial charge in [0.15, 0.2) is 0 Å². The second-order valence-electron chi connectivity index (χ2n) is 7.18. The Morgan fingerprint density at radius 3 is 2.76 bits per heavy atom. The van der Waals surface area contributed by atoms with Crippen LogP contribution in [0.15, 0.2) is 79.7 Å². The highest BCUT2D eigenvalue weighted by Crippen LogP contribution is 2.31. The van der Waals surface area contributed by atoms with Gasteiger partial charge in [-0.15, -0.1) is 0 Å². The molecule has 1 aliphatic rings. The number of rotatable bonds is 7. The molecule has 0 spiro atoms. The van der Waals surface area contributed by atoms with Crippen molar-refractivity contribution in [2.24, 2.45) is 0 Å². The highest BCUT2D eigenvalue weighted by atomic mass is 16.2. The zero-order chi connectivity index (χ0) is 20.5. The quantitative estimate of drug-likeness (QED) is 0.581. The lowest BCUT2D eigenvalue weighted by atomic mass is 9.94. The fourth-order valence-corrected chi connectivity index (χ4v) is 3.74. The van der Waals surface area contributed by atoms with Crippen LogP contribution in [0.3, 0.4) is 0 Å². The maximum Gasteiger partial charge on any atom is 0.246 e. The van der Waals surface area contributed by atoms with Gasteiger partial charge in [-0.25, -0.2) is 0 Å². The second-order valence-corrected chi connectivity index (χ2v) is 7.18. The molecule has 0 radical (unpaired) electrons. The molecule has 5 heteroatoms. The van der Waals surface area contributed by atoms with Gasteiger partial charge in [0.1, 0.15) is 6.04 Å². The summed E-state index contributed by atoms with van der Waals surface area (Å²) in [6.07, 6.45) is 11.5. The molecule has 2 amide bonds. The number of carbonyl (C=O) groups excluding carboxylic acids is 2. The average Bonchev–Trinajstić information content (AvgIpc) is 2.78.